The van der Waals surface area contributed by atoms with Crippen molar-refractivity contribution in [3.05, 3.63) is 29.8 Å². The first-order valence-corrected chi connectivity index (χ1v) is 8.50. The monoisotopic (exact) mass is 292 g/mol. The first-order chi connectivity index (χ1) is 10.3. The summed E-state index contributed by atoms with van der Waals surface area (Å²) in [5, 5.41) is 0. The molecule has 2 heteroatoms. The average molecular weight is 292 g/mol. The Balaban J connectivity index is 2.13. The molecule has 1 unspecified atom stereocenters. The van der Waals surface area contributed by atoms with E-state index >= 15 is 0 Å². The molecule has 0 fully saturated rings. The lowest BCUT2D eigenvalue weighted by Crippen LogP contribution is -2.15. The second-order valence-electron chi connectivity index (χ2n) is 5.87. The standard InChI is InChI=1S/C19H32O2/c1-4-5-6-7-8-9-10-11-18-12-14-19(15-13-18)21-16-17(2)20-3/h12-15,17H,4-11,16H2,1-3H3. The molecule has 0 spiro atoms. The van der Waals surface area contributed by atoms with Crippen LogP contribution in [0.2, 0.25) is 0 Å². The van der Waals surface area contributed by atoms with Crippen LogP contribution >= 0.6 is 0 Å². The largest absolute Gasteiger partial charge is 0.491 e. The third-order valence-electron chi connectivity index (χ3n) is 3.88. The van der Waals surface area contributed by atoms with Crippen LogP contribution in [-0.4, -0.2) is 19.8 Å². The first kappa shape index (κ1) is 18.0. The Hall–Kier alpha value is -1.02. The summed E-state index contributed by atoms with van der Waals surface area (Å²) in [5.74, 6) is 0.933. The summed E-state index contributed by atoms with van der Waals surface area (Å²) in [6.07, 6.45) is 10.9. The topological polar surface area (TPSA) is 18.5 Å². The predicted octanol–water partition coefficient (Wildman–Crippen LogP) is 5.39. The maximum absolute atomic E-state index is 5.67. The maximum Gasteiger partial charge on any atom is 0.119 e. The van der Waals surface area contributed by atoms with E-state index in [2.05, 4.69) is 31.2 Å². The van der Waals surface area contributed by atoms with Crippen molar-refractivity contribution in [3.63, 3.8) is 0 Å². The van der Waals surface area contributed by atoms with E-state index < -0.39 is 0 Å². The van der Waals surface area contributed by atoms with Crippen LogP contribution in [0.5, 0.6) is 5.75 Å². The fourth-order valence-corrected chi connectivity index (χ4v) is 2.32. The summed E-state index contributed by atoms with van der Waals surface area (Å²) in [4.78, 5) is 0. The molecule has 120 valence electrons. The zero-order chi connectivity index (χ0) is 15.3. The summed E-state index contributed by atoms with van der Waals surface area (Å²) in [5.41, 5.74) is 1.41. The van der Waals surface area contributed by atoms with Gasteiger partial charge in [0, 0.05) is 7.11 Å². The molecule has 0 aromatic heterocycles. The van der Waals surface area contributed by atoms with Crippen LogP contribution in [0.15, 0.2) is 24.3 Å². The normalized spacial score (nSPS) is 12.3. The Bertz CT molecular complexity index is 345. The van der Waals surface area contributed by atoms with E-state index in [4.69, 9.17) is 9.47 Å². The second-order valence-corrected chi connectivity index (χ2v) is 5.87. The van der Waals surface area contributed by atoms with Crippen LogP contribution in [0, 0.1) is 0 Å². The molecule has 0 radical (unpaired) electrons. The van der Waals surface area contributed by atoms with Gasteiger partial charge in [-0.1, -0.05) is 57.6 Å². The van der Waals surface area contributed by atoms with Crippen molar-refractivity contribution in [2.75, 3.05) is 13.7 Å². The van der Waals surface area contributed by atoms with Gasteiger partial charge in [-0.2, -0.15) is 0 Å². The average Bonchev–Trinajstić information content (AvgIpc) is 2.52. The minimum absolute atomic E-state index is 0.136. The van der Waals surface area contributed by atoms with Crippen LogP contribution in [0.1, 0.15) is 64.4 Å². The fraction of sp³-hybridized carbons (Fsp3) is 0.684. The van der Waals surface area contributed by atoms with Gasteiger partial charge in [0.25, 0.3) is 0 Å². The molecule has 0 aliphatic heterocycles. The molecule has 21 heavy (non-hydrogen) atoms. The van der Waals surface area contributed by atoms with Gasteiger partial charge >= 0.3 is 0 Å². The molecule has 0 aliphatic rings. The zero-order valence-electron chi connectivity index (χ0n) is 14.1. The molecule has 0 bridgehead atoms. The summed E-state index contributed by atoms with van der Waals surface area (Å²) >= 11 is 0. The molecule has 1 rings (SSSR count). The number of benzene rings is 1. The Labute approximate surface area is 130 Å². The maximum atomic E-state index is 5.67. The Kier molecular flexibility index (Phi) is 9.98. The highest BCUT2D eigenvalue weighted by atomic mass is 16.5. The van der Waals surface area contributed by atoms with Crippen LogP contribution < -0.4 is 4.74 Å². The number of methoxy groups -OCH3 is 1. The van der Waals surface area contributed by atoms with Crippen molar-refractivity contribution in [2.24, 2.45) is 0 Å². The molecular formula is C19H32O2. The third-order valence-corrected chi connectivity index (χ3v) is 3.88. The summed E-state index contributed by atoms with van der Waals surface area (Å²) < 4.78 is 10.8. The fourth-order valence-electron chi connectivity index (χ4n) is 2.32. The minimum atomic E-state index is 0.136. The Morgan fingerprint density at radius 1 is 0.905 bits per heavy atom. The predicted molar refractivity (Wildman–Crippen MR) is 90.1 cm³/mol. The van der Waals surface area contributed by atoms with Crippen molar-refractivity contribution < 1.29 is 9.47 Å². The molecule has 0 aliphatic carbocycles. The number of hydrogen-bond acceptors (Lipinski definition) is 2. The van der Waals surface area contributed by atoms with Gasteiger partial charge in [-0.15, -0.1) is 0 Å². The van der Waals surface area contributed by atoms with Gasteiger partial charge in [-0.3, -0.25) is 0 Å². The van der Waals surface area contributed by atoms with Crippen molar-refractivity contribution >= 4 is 0 Å². The minimum Gasteiger partial charge on any atom is -0.491 e. The third kappa shape index (κ3) is 8.77. The van der Waals surface area contributed by atoms with Gasteiger partial charge in [-0.05, 0) is 37.5 Å². The number of aryl methyl sites for hydroxylation is 1. The van der Waals surface area contributed by atoms with Gasteiger partial charge in [0.15, 0.2) is 0 Å². The van der Waals surface area contributed by atoms with E-state index in [0.717, 1.165) is 5.75 Å². The van der Waals surface area contributed by atoms with Crippen molar-refractivity contribution in [3.8, 4) is 5.75 Å². The van der Waals surface area contributed by atoms with Crippen LogP contribution in [0.4, 0.5) is 0 Å². The van der Waals surface area contributed by atoms with Gasteiger partial charge in [-0.25, -0.2) is 0 Å². The van der Waals surface area contributed by atoms with E-state index in [-0.39, 0.29) is 6.10 Å². The number of hydrogen-bond donors (Lipinski definition) is 0. The van der Waals surface area contributed by atoms with E-state index in [0.29, 0.717) is 6.61 Å². The lowest BCUT2D eigenvalue weighted by molar-refractivity contribution is 0.0716. The molecule has 1 aromatic carbocycles. The second kappa shape index (κ2) is 11.6. The van der Waals surface area contributed by atoms with E-state index in [9.17, 15) is 0 Å². The molecule has 1 aromatic rings. The summed E-state index contributed by atoms with van der Waals surface area (Å²) in [6, 6.07) is 8.51. The summed E-state index contributed by atoms with van der Waals surface area (Å²) in [7, 11) is 1.71. The van der Waals surface area contributed by atoms with Gasteiger partial charge < -0.3 is 9.47 Å². The molecule has 0 saturated heterocycles. The molecule has 0 N–H and O–H groups in total. The Morgan fingerprint density at radius 2 is 1.52 bits per heavy atom. The van der Waals surface area contributed by atoms with Crippen molar-refractivity contribution in [1.29, 1.82) is 0 Å². The molecule has 0 saturated carbocycles. The summed E-state index contributed by atoms with van der Waals surface area (Å²) in [6.45, 7) is 4.88. The van der Waals surface area contributed by atoms with E-state index in [1.54, 1.807) is 7.11 Å². The van der Waals surface area contributed by atoms with Crippen molar-refractivity contribution in [1.82, 2.24) is 0 Å². The Morgan fingerprint density at radius 3 is 2.14 bits per heavy atom. The highest BCUT2D eigenvalue weighted by molar-refractivity contribution is 5.27. The number of rotatable bonds is 12. The first-order valence-electron chi connectivity index (χ1n) is 8.50. The lowest BCUT2D eigenvalue weighted by Gasteiger charge is -2.11. The number of ether oxygens (including phenoxy) is 2. The van der Waals surface area contributed by atoms with Crippen LogP contribution in [0.25, 0.3) is 0 Å². The zero-order valence-corrected chi connectivity index (χ0v) is 14.1. The van der Waals surface area contributed by atoms with Crippen molar-refractivity contribution in [2.45, 2.75) is 71.3 Å². The van der Waals surface area contributed by atoms with Crippen LogP contribution in [0.3, 0.4) is 0 Å². The molecule has 1 atom stereocenters. The van der Waals surface area contributed by atoms with Crippen LogP contribution in [-0.2, 0) is 11.2 Å². The lowest BCUT2D eigenvalue weighted by atomic mass is 10.0. The van der Waals surface area contributed by atoms with E-state index in [1.807, 2.05) is 6.92 Å². The smallest absolute Gasteiger partial charge is 0.119 e. The molecule has 0 amide bonds. The quantitative estimate of drug-likeness (QED) is 0.481. The van der Waals surface area contributed by atoms with Gasteiger partial charge in [0.1, 0.15) is 12.4 Å². The van der Waals surface area contributed by atoms with E-state index in [1.165, 1.54) is 56.9 Å². The number of unbranched alkanes of at least 4 members (excludes halogenated alkanes) is 6. The van der Waals surface area contributed by atoms with Gasteiger partial charge in [0.05, 0.1) is 6.10 Å². The SMILES string of the molecule is CCCCCCCCCc1ccc(OCC(C)OC)cc1. The highest BCUT2D eigenvalue weighted by Crippen LogP contribution is 2.15. The highest BCUT2D eigenvalue weighted by Gasteiger charge is 2.01. The molecular weight excluding hydrogens is 260 g/mol. The van der Waals surface area contributed by atoms with Gasteiger partial charge in [0.2, 0.25) is 0 Å². The molecule has 2 nitrogen and oxygen atoms in total. The molecule has 0 heterocycles.